The fraction of sp³-hybridized carbons (Fsp3) is 0.345. The highest BCUT2D eigenvalue weighted by atomic mass is 35.5. The van der Waals surface area contributed by atoms with Crippen LogP contribution in [0.4, 0.5) is 4.39 Å². The first-order valence-electron chi connectivity index (χ1n) is 12.5. The second kappa shape index (κ2) is 12.2. The van der Waals surface area contributed by atoms with Gasteiger partial charge in [-0.25, -0.2) is 12.8 Å². The number of hydrogen-bond acceptors (Lipinski definition) is 3. The number of benzene rings is 3. The number of aryl methyl sites for hydroxylation is 1. The summed E-state index contributed by atoms with van der Waals surface area (Å²) in [6, 6.07) is 21.3. The van der Waals surface area contributed by atoms with Crippen molar-refractivity contribution in [3.05, 3.63) is 100 Å². The van der Waals surface area contributed by atoms with Crippen LogP contribution in [-0.4, -0.2) is 36.6 Å². The van der Waals surface area contributed by atoms with E-state index in [-0.39, 0.29) is 28.4 Å². The predicted molar refractivity (Wildman–Crippen MR) is 144 cm³/mol. The standard InChI is InChI=1S/C29H32ClFN2O3S/c1-22-7-9-24(10-8-22)18-32(21-34)26-13-11-25(12-14-26)20-33(19-23-5-3-2-4-6-23)37(35,36)27-15-16-29(31)28(30)17-27/h2-10,15-17,21,25-26H,11-14,18-20H2,1H3. The summed E-state index contributed by atoms with van der Waals surface area (Å²) in [5.41, 5.74) is 3.15. The second-order valence-electron chi connectivity index (χ2n) is 9.80. The zero-order chi connectivity index (χ0) is 26.4. The molecule has 0 aromatic heterocycles. The van der Waals surface area contributed by atoms with Gasteiger partial charge in [0.2, 0.25) is 16.4 Å². The van der Waals surface area contributed by atoms with E-state index in [1.54, 1.807) is 0 Å². The molecule has 0 saturated heterocycles. The maximum atomic E-state index is 13.7. The molecule has 0 unspecified atom stereocenters. The average Bonchev–Trinajstić information content (AvgIpc) is 2.90. The summed E-state index contributed by atoms with van der Waals surface area (Å²) in [5.74, 6) is -0.502. The first-order valence-corrected chi connectivity index (χ1v) is 14.3. The highest BCUT2D eigenvalue weighted by Crippen LogP contribution is 2.31. The molecule has 3 aromatic rings. The minimum Gasteiger partial charge on any atom is -0.338 e. The van der Waals surface area contributed by atoms with Gasteiger partial charge >= 0.3 is 0 Å². The van der Waals surface area contributed by atoms with E-state index in [1.807, 2.05) is 66.4 Å². The molecule has 1 amide bonds. The molecule has 3 aromatic carbocycles. The van der Waals surface area contributed by atoms with Crippen LogP contribution in [0.5, 0.6) is 0 Å². The van der Waals surface area contributed by atoms with Gasteiger partial charge in [-0.05, 0) is 67.9 Å². The third-order valence-corrected chi connectivity index (χ3v) is 9.20. The molecular weight excluding hydrogens is 511 g/mol. The fourth-order valence-corrected chi connectivity index (χ4v) is 6.70. The molecule has 0 bridgehead atoms. The van der Waals surface area contributed by atoms with E-state index in [4.69, 9.17) is 11.6 Å². The number of hydrogen-bond donors (Lipinski definition) is 0. The van der Waals surface area contributed by atoms with Crippen molar-refractivity contribution in [1.82, 2.24) is 9.21 Å². The third-order valence-electron chi connectivity index (χ3n) is 7.10. The molecule has 0 N–H and O–H groups in total. The Morgan fingerprint density at radius 1 is 0.919 bits per heavy atom. The van der Waals surface area contributed by atoms with Gasteiger partial charge < -0.3 is 4.90 Å². The maximum absolute atomic E-state index is 13.7. The Kier molecular flexibility index (Phi) is 9.00. The number of amides is 1. The van der Waals surface area contributed by atoms with Crippen molar-refractivity contribution in [1.29, 1.82) is 0 Å². The summed E-state index contributed by atoms with van der Waals surface area (Å²) in [5, 5.41) is -0.219. The normalized spacial score (nSPS) is 18.1. The van der Waals surface area contributed by atoms with Crippen LogP contribution in [0.25, 0.3) is 0 Å². The van der Waals surface area contributed by atoms with Crippen LogP contribution in [0, 0.1) is 18.7 Å². The molecule has 196 valence electrons. The molecule has 5 nitrogen and oxygen atoms in total. The van der Waals surface area contributed by atoms with Crippen molar-refractivity contribution < 1.29 is 17.6 Å². The topological polar surface area (TPSA) is 57.7 Å². The Hall–Kier alpha value is -2.74. The Bertz CT molecular complexity index is 1290. The molecule has 1 aliphatic carbocycles. The van der Waals surface area contributed by atoms with E-state index in [0.717, 1.165) is 49.3 Å². The molecule has 0 aliphatic heterocycles. The molecule has 0 heterocycles. The first-order chi connectivity index (χ1) is 17.8. The van der Waals surface area contributed by atoms with Gasteiger partial charge in [0.05, 0.1) is 9.92 Å². The van der Waals surface area contributed by atoms with Crippen molar-refractivity contribution in [3.8, 4) is 0 Å². The lowest BCUT2D eigenvalue weighted by Gasteiger charge is -2.36. The van der Waals surface area contributed by atoms with E-state index >= 15 is 0 Å². The second-order valence-corrected chi connectivity index (χ2v) is 12.1. The van der Waals surface area contributed by atoms with Crippen LogP contribution in [0.15, 0.2) is 77.7 Å². The van der Waals surface area contributed by atoms with Crippen LogP contribution in [0.3, 0.4) is 0 Å². The Labute approximate surface area is 223 Å². The molecule has 0 radical (unpaired) electrons. The lowest BCUT2D eigenvalue weighted by molar-refractivity contribution is -0.121. The SMILES string of the molecule is Cc1ccc(CN(C=O)C2CCC(CN(Cc3ccccc3)S(=O)(=O)c3ccc(F)c(Cl)c3)CC2)cc1. The maximum Gasteiger partial charge on any atom is 0.243 e. The summed E-state index contributed by atoms with van der Waals surface area (Å²) in [6.07, 6.45) is 4.19. The minimum absolute atomic E-state index is 0.0197. The highest BCUT2D eigenvalue weighted by Gasteiger charge is 2.31. The summed E-state index contributed by atoms with van der Waals surface area (Å²) in [4.78, 5) is 13.7. The average molecular weight is 543 g/mol. The first kappa shape index (κ1) is 27.3. The lowest BCUT2D eigenvalue weighted by atomic mass is 9.85. The smallest absolute Gasteiger partial charge is 0.243 e. The molecule has 0 atom stereocenters. The molecule has 1 saturated carbocycles. The number of halogens is 2. The molecule has 4 rings (SSSR count). The van der Waals surface area contributed by atoms with Crippen molar-refractivity contribution in [2.45, 2.75) is 56.6 Å². The van der Waals surface area contributed by atoms with Crippen LogP contribution < -0.4 is 0 Å². The number of rotatable bonds is 10. The van der Waals surface area contributed by atoms with E-state index in [9.17, 15) is 17.6 Å². The van der Waals surface area contributed by atoms with Crippen molar-refractivity contribution in [2.75, 3.05) is 6.54 Å². The monoisotopic (exact) mass is 542 g/mol. The van der Waals surface area contributed by atoms with Crippen LogP contribution in [0.1, 0.15) is 42.4 Å². The number of nitrogens with zero attached hydrogens (tertiary/aromatic N) is 2. The molecule has 1 fully saturated rings. The molecule has 0 spiro atoms. The van der Waals surface area contributed by atoms with E-state index in [2.05, 4.69) is 0 Å². The van der Waals surface area contributed by atoms with Crippen molar-refractivity contribution >= 4 is 28.0 Å². The van der Waals surface area contributed by atoms with E-state index in [1.165, 1.54) is 22.0 Å². The molecule has 1 aliphatic rings. The van der Waals surface area contributed by atoms with Gasteiger partial charge in [-0.1, -0.05) is 71.8 Å². The minimum atomic E-state index is -3.90. The third kappa shape index (κ3) is 6.98. The number of carbonyl (C=O) groups is 1. The zero-order valence-electron chi connectivity index (χ0n) is 20.9. The summed E-state index contributed by atoms with van der Waals surface area (Å²) < 4.78 is 42.4. The van der Waals surface area contributed by atoms with Gasteiger partial charge in [-0.3, -0.25) is 4.79 Å². The van der Waals surface area contributed by atoms with Gasteiger partial charge in [-0.2, -0.15) is 4.31 Å². The van der Waals surface area contributed by atoms with Gasteiger partial charge in [0.15, 0.2) is 0 Å². The Morgan fingerprint density at radius 2 is 1.57 bits per heavy atom. The van der Waals surface area contributed by atoms with Crippen LogP contribution in [-0.2, 0) is 27.9 Å². The van der Waals surface area contributed by atoms with E-state index in [0.29, 0.717) is 13.1 Å². The largest absolute Gasteiger partial charge is 0.338 e. The summed E-state index contributed by atoms with van der Waals surface area (Å²) in [6.45, 7) is 3.16. The summed E-state index contributed by atoms with van der Waals surface area (Å²) in [7, 11) is -3.90. The van der Waals surface area contributed by atoms with Crippen LogP contribution >= 0.6 is 11.6 Å². The lowest BCUT2D eigenvalue weighted by Crippen LogP contribution is -2.40. The van der Waals surface area contributed by atoms with Gasteiger partial charge in [0.25, 0.3) is 0 Å². The molecule has 37 heavy (non-hydrogen) atoms. The Morgan fingerprint density at radius 3 is 2.19 bits per heavy atom. The summed E-state index contributed by atoms with van der Waals surface area (Å²) >= 11 is 5.91. The molecule has 8 heteroatoms. The molecular formula is C29H32ClFN2O3S. The number of carbonyl (C=O) groups excluding carboxylic acids is 1. The van der Waals surface area contributed by atoms with E-state index < -0.39 is 15.8 Å². The van der Waals surface area contributed by atoms with Gasteiger partial charge in [-0.15, -0.1) is 0 Å². The Balaban J connectivity index is 1.46. The quantitative estimate of drug-likeness (QED) is 0.287. The highest BCUT2D eigenvalue weighted by molar-refractivity contribution is 7.89. The van der Waals surface area contributed by atoms with Crippen molar-refractivity contribution in [3.63, 3.8) is 0 Å². The van der Waals surface area contributed by atoms with Crippen LogP contribution in [0.2, 0.25) is 5.02 Å². The predicted octanol–water partition coefficient (Wildman–Crippen LogP) is 6.20. The number of sulfonamides is 1. The van der Waals surface area contributed by atoms with Crippen molar-refractivity contribution in [2.24, 2.45) is 5.92 Å². The fourth-order valence-electron chi connectivity index (χ4n) is 4.92. The zero-order valence-corrected chi connectivity index (χ0v) is 22.5. The van der Waals surface area contributed by atoms with Gasteiger partial charge in [0.1, 0.15) is 5.82 Å². The van der Waals surface area contributed by atoms with Gasteiger partial charge in [0, 0.05) is 25.7 Å².